The molecule has 1 N–H and O–H groups in total. The Kier molecular flexibility index (Phi) is 4.90. The lowest BCUT2D eigenvalue weighted by Gasteiger charge is -2.31. The van der Waals surface area contributed by atoms with Gasteiger partial charge < -0.3 is 10.1 Å². The Morgan fingerprint density at radius 2 is 1.96 bits per heavy atom. The fourth-order valence-corrected chi connectivity index (χ4v) is 2.78. The van der Waals surface area contributed by atoms with Crippen LogP contribution in [0.5, 0.6) is 0 Å². The topological polar surface area (TPSA) is 73.2 Å². The van der Waals surface area contributed by atoms with Gasteiger partial charge in [0, 0.05) is 17.7 Å². The molecule has 27 heavy (non-hydrogen) atoms. The average Bonchev–Trinajstić information content (AvgIpc) is 3.02. The SMILES string of the molecule is C[C@H]1C[C@H](C(F)(F)F)n2nc(C(=O)OCC(=O)c3ccc(F)cc3)cc2N1. The van der Waals surface area contributed by atoms with Crippen molar-refractivity contribution in [3.05, 3.63) is 47.4 Å². The predicted molar refractivity (Wildman–Crippen MR) is 86.0 cm³/mol. The number of anilines is 1. The number of alkyl halides is 3. The van der Waals surface area contributed by atoms with Crippen LogP contribution < -0.4 is 5.32 Å². The van der Waals surface area contributed by atoms with Crippen LogP contribution >= 0.6 is 0 Å². The van der Waals surface area contributed by atoms with E-state index >= 15 is 0 Å². The summed E-state index contributed by atoms with van der Waals surface area (Å²) in [5, 5.41) is 6.52. The van der Waals surface area contributed by atoms with E-state index in [9.17, 15) is 27.2 Å². The van der Waals surface area contributed by atoms with Gasteiger partial charge in [0.25, 0.3) is 0 Å². The van der Waals surface area contributed by atoms with Crippen LogP contribution in [0.15, 0.2) is 30.3 Å². The monoisotopic (exact) mass is 385 g/mol. The van der Waals surface area contributed by atoms with Crippen LogP contribution in [0.4, 0.5) is 23.4 Å². The number of rotatable bonds is 4. The van der Waals surface area contributed by atoms with Crippen LogP contribution in [0.25, 0.3) is 0 Å². The zero-order valence-corrected chi connectivity index (χ0v) is 14.1. The summed E-state index contributed by atoms with van der Waals surface area (Å²) in [6, 6.07) is 3.49. The third-order valence-electron chi connectivity index (χ3n) is 4.09. The fourth-order valence-electron chi connectivity index (χ4n) is 2.78. The number of ether oxygens (including phenoxy) is 1. The Labute approximate surface area is 151 Å². The van der Waals surface area contributed by atoms with Gasteiger partial charge in [0.1, 0.15) is 11.6 Å². The molecule has 2 aromatic rings. The van der Waals surface area contributed by atoms with E-state index in [0.717, 1.165) is 18.2 Å². The Hall–Kier alpha value is -2.91. The first kappa shape index (κ1) is 18.9. The molecule has 0 bridgehead atoms. The van der Waals surface area contributed by atoms with E-state index in [1.165, 1.54) is 12.1 Å². The first-order valence-electron chi connectivity index (χ1n) is 8.04. The number of ketones is 1. The number of esters is 1. The van der Waals surface area contributed by atoms with Gasteiger partial charge in [-0.2, -0.15) is 18.3 Å². The molecular formula is C17H15F4N3O3. The quantitative estimate of drug-likeness (QED) is 0.496. The molecule has 0 aliphatic carbocycles. The summed E-state index contributed by atoms with van der Waals surface area (Å²) in [7, 11) is 0. The van der Waals surface area contributed by atoms with Gasteiger partial charge in [0.15, 0.2) is 24.1 Å². The molecule has 0 spiro atoms. The molecule has 10 heteroatoms. The zero-order chi connectivity index (χ0) is 19.8. The van der Waals surface area contributed by atoms with Gasteiger partial charge in [0.2, 0.25) is 0 Å². The normalized spacial score (nSPS) is 19.1. The van der Waals surface area contributed by atoms with Gasteiger partial charge in [-0.15, -0.1) is 0 Å². The Bertz CT molecular complexity index is 861. The highest BCUT2D eigenvalue weighted by molar-refractivity contribution is 5.99. The number of halogens is 4. The number of nitrogens with one attached hydrogen (secondary N) is 1. The summed E-state index contributed by atoms with van der Waals surface area (Å²) in [6.07, 6.45) is -4.74. The molecule has 2 heterocycles. The molecule has 1 aliphatic rings. The van der Waals surface area contributed by atoms with E-state index in [1.54, 1.807) is 6.92 Å². The summed E-state index contributed by atoms with van der Waals surface area (Å²) in [6.45, 7) is 0.952. The summed E-state index contributed by atoms with van der Waals surface area (Å²) in [5.41, 5.74) is -0.200. The van der Waals surface area contributed by atoms with E-state index < -0.39 is 42.4 Å². The van der Waals surface area contributed by atoms with Crippen LogP contribution in [0, 0.1) is 5.82 Å². The van der Waals surface area contributed by atoms with Crippen molar-refractivity contribution in [3.63, 3.8) is 0 Å². The second kappa shape index (κ2) is 7.01. The molecule has 1 aliphatic heterocycles. The molecule has 2 atom stereocenters. The molecule has 0 fully saturated rings. The lowest BCUT2D eigenvalue weighted by Crippen LogP contribution is -2.37. The number of benzene rings is 1. The van der Waals surface area contributed by atoms with E-state index in [2.05, 4.69) is 10.4 Å². The van der Waals surface area contributed by atoms with E-state index in [0.29, 0.717) is 4.68 Å². The standard InChI is InChI=1S/C17H15F4N3O3/c1-9-6-14(17(19,20)21)24-15(22-9)7-12(23-24)16(26)27-8-13(25)10-2-4-11(18)5-3-10/h2-5,7,9,14,22H,6,8H2,1H3/t9-,14+/m0/s1. The van der Waals surface area contributed by atoms with E-state index in [4.69, 9.17) is 4.74 Å². The average molecular weight is 385 g/mol. The Balaban J connectivity index is 1.71. The van der Waals surface area contributed by atoms with Gasteiger partial charge in [-0.05, 0) is 37.6 Å². The van der Waals surface area contributed by atoms with Gasteiger partial charge in [0.05, 0.1) is 0 Å². The minimum absolute atomic E-state index is 0.0490. The summed E-state index contributed by atoms with van der Waals surface area (Å²) >= 11 is 0. The molecule has 1 aromatic heterocycles. The van der Waals surface area contributed by atoms with Crippen molar-refractivity contribution >= 4 is 17.6 Å². The maximum absolute atomic E-state index is 13.2. The van der Waals surface area contributed by atoms with Gasteiger partial charge in [-0.3, -0.25) is 4.79 Å². The van der Waals surface area contributed by atoms with Crippen molar-refractivity contribution in [1.82, 2.24) is 9.78 Å². The van der Waals surface area contributed by atoms with Crippen molar-refractivity contribution in [3.8, 4) is 0 Å². The first-order valence-corrected chi connectivity index (χ1v) is 8.04. The number of fused-ring (bicyclic) bond motifs is 1. The molecule has 1 aromatic carbocycles. The highest BCUT2D eigenvalue weighted by Crippen LogP contribution is 2.39. The molecule has 3 rings (SSSR count). The molecular weight excluding hydrogens is 370 g/mol. The molecule has 144 valence electrons. The zero-order valence-electron chi connectivity index (χ0n) is 14.1. The second-order valence-electron chi connectivity index (χ2n) is 6.20. The van der Waals surface area contributed by atoms with Crippen molar-refractivity contribution in [2.24, 2.45) is 0 Å². The first-order chi connectivity index (χ1) is 12.6. The number of nitrogens with zero attached hydrogens (tertiary/aromatic N) is 2. The molecule has 6 nitrogen and oxygen atoms in total. The summed E-state index contributed by atoms with van der Waals surface area (Å²) in [4.78, 5) is 24.0. The minimum Gasteiger partial charge on any atom is -0.453 e. The number of hydrogen-bond acceptors (Lipinski definition) is 5. The number of carbonyl (C=O) groups is 2. The Morgan fingerprint density at radius 3 is 2.59 bits per heavy atom. The maximum Gasteiger partial charge on any atom is 0.410 e. The lowest BCUT2D eigenvalue weighted by atomic mass is 10.1. The van der Waals surface area contributed by atoms with Crippen molar-refractivity contribution < 1.29 is 31.9 Å². The minimum atomic E-state index is -4.52. The number of Topliss-reactive ketones (excluding diaryl/α,β-unsaturated/α-hetero) is 1. The number of aromatic nitrogens is 2. The van der Waals surface area contributed by atoms with Crippen molar-refractivity contribution in [2.75, 3.05) is 11.9 Å². The van der Waals surface area contributed by atoms with Crippen LogP contribution in [0.2, 0.25) is 0 Å². The largest absolute Gasteiger partial charge is 0.453 e. The van der Waals surface area contributed by atoms with Gasteiger partial charge in [-0.1, -0.05) is 0 Å². The van der Waals surface area contributed by atoms with Crippen LogP contribution in [-0.2, 0) is 4.74 Å². The van der Waals surface area contributed by atoms with Crippen LogP contribution in [0.1, 0.15) is 40.2 Å². The highest BCUT2D eigenvalue weighted by Gasteiger charge is 2.45. The molecule has 0 unspecified atom stereocenters. The smallest absolute Gasteiger partial charge is 0.410 e. The van der Waals surface area contributed by atoms with Crippen LogP contribution in [0.3, 0.4) is 0 Å². The lowest BCUT2D eigenvalue weighted by molar-refractivity contribution is -0.173. The van der Waals surface area contributed by atoms with E-state index in [1.807, 2.05) is 0 Å². The maximum atomic E-state index is 13.2. The molecule has 0 amide bonds. The second-order valence-corrected chi connectivity index (χ2v) is 6.20. The summed E-state index contributed by atoms with van der Waals surface area (Å²) < 4.78 is 58.0. The van der Waals surface area contributed by atoms with E-state index in [-0.39, 0.29) is 23.5 Å². The predicted octanol–water partition coefficient (Wildman–Crippen LogP) is 3.37. The van der Waals surface area contributed by atoms with Gasteiger partial charge >= 0.3 is 12.1 Å². The van der Waals surface area contributed by atoms with Crippen molar-refractivity contribution in [2.45, 2.75) is 31.6 Å². The van der Waals surface area contributed by atoms with Crippen molar-refractivity contribution in [1.29, 1.82) is 0 Å². The third kappa shape index (κ3) is 4.09. The highest BCUT2D eigenvalue weighted by atomic mass is 19.4. The number of carbonyl (C=O) groups excluding carboxylic acids is 2. The van der Waals surface area contributed by atoms with Crippen LogP contribution in [-0.4, -0.2) is 40.4 Å². The molecule has 0 saturated heterocycles. The Morgan fingerprint density at radius 1 is 1.30 bits per heavy atom. The molecule has 0 saturated carbocycles. The number of hydrogen-bond donors (Lipinski definition) is 1. The van der Waals surface area contributed by atoms with Gasteiger partial charge in [-0.25, -0.2) is 13.9 Å². The third-order valence-corrected chi connectivity index (χ3v) is 4.09. The summed E-state index contributed by atoms with van der Waals surface area (Å²) in [5.74, 6) is -2.07. The molecule has 0 radical (unpaired) electrons. The fraction of sp³-hybridized carbons (Fsp3) is 0.353.